The van der Waals surface area contributed by atoms with E-state index < -0.39 is 26.0 Å². The average Bonchev–Trinajstić information content (AvgIpc) is 3.35. The van der Waals surface area contributed by atoms with Crippen molar-refractivity contribution in [3.05, 3.63) is 121 Å². The van der Waals surface area contributed by atoms with Gasteiger partial charge in [0.2, 0.25) is 31.9 Å². The lowest BCUT2D eigenvalue weighted by Crippen LogP contribution is -2.50. The number of sulfonamides is 2. The van der Waals surface area contributed by atoms with Crippen LogP contribution in [0.5, 0.6) is 11.5 Å². The monoisotopic (exact) mass is 970 g/mol. The number of amides is 1. The van der Waals surface area contributed by atoms with Gasteiger partial charge in [-0.25, -0.2) is 51.5 Å². The Hall–Kier alpha value is -7.18. The summed E-state index contributed by atoms with van der Waals surface area (Å²) in [5, 5.41) is 17.9. The predicted molar refractivity (Wildman–Crippen MR) is 258 cm³/mol. The molecule has 23 heteroatoms. The van der Waals surface area contributed by atoms with Gasteiger partial charge in [-0.3, -0.25) is 4.79 Å². The van der Waals surface area contributed by atoms with Gasteiger partial charge in [0, 0.05) is 88.3 Å². The molecule has 0 spiro atoms. The molecule has 2 aromatic carbocycles. The number of piperazine rings is 2. The van der Waals surface area contributed by atoms with Crippen LogP contribution in [0.3, 0.4) is 0 Å². The van der Waals surface area contributed by atoms with Crippen molar-refractivity contribution in [3.63, 3.8) is 0 Å². The molecule has 0 aliphatic carbocycles. The van der Waals surface area contributed by atoms with E-state index in [1.165, 1.54) is 33.4 Å². The summed E-state index contributed by atoms with van der Waals surface area (Å²) in [4.78, 5) is 50.3. The first-order valence-corrected chi connectivity index (χ1v) is 24.3. The normalized spacial score (nSPS) is 14.1. The summed E-state index contributed by atoms with van der Waals surface area (Å²) in [5.74, 6) is 1.08. The smallest absolute Gasteiger partial charge is 0.354 e. The number of methoxy groups -OCH3 is 2. The summed E-state index contributed by atoms with van der Waals surface area (Å²) in [7, 11) is -2.93. The van der Waals surface area contributed by atoms with Gasteiger partial charge in [0.1, 0.15) is 22.9 Å². The van der Waals surface area contributed by atoms with Gasteiger partial charge in [0.25, 0.3) is 5.91 Å². The molecule has 6 heterocycles. The fourth-order valence-corrected chi connectivity index (χ4v) is 8.13. The number of anilines is 4. The third-order valence-corrected chi connectivity index (χ3v) is 12.8. The third kappa shape index (κ3) is 14.9. The Morgan fingerprint density at radius 3 is 1.28 bits per heavy atom. The maximum atomic E-state index is 12.7. The molecule has 0 radical (unpaired) electrons. The van der Waals surface area contributed by atoms with Crippen LogP contribution in [0.1, 0.15) is 28.4 Å². The van der Waals surface area contributed by atoms with Crippen molar-refractivity contribution in [1.29, 1.82) is 0 Å². The molecule has 4 aromatic heterocycles. The highest BCUT2D eigenvalue weighted by atomic mass is 32.2. The van der Waals surface area contributed by atoms with Gasteiger partial charge in [-0.2, -0.15) is 8.61 Å². The fraction of sp³-hybridized carbons (Fsp3) is 0.289. The summed E-state index contributed by atoms with van der Waals surface area (Å²) >= 11 is 0. The van der Waals surface area contributed by atoms with Crippen LogP contribution in [-0.4, -0.2) is 156 Å². The largest absolute Gasteiger partial charge is 0.497 e. The van der Waals surface area contributed by atoms with Gasteiger partial charge in [-0.15, -0.1) is 0 Å². The highest BCUT2D eigenvalue weighted by Crippen LogP contribution is 2.24. The number of nitrogens with one attached hydrogen (secondary N) is 3. The van der Waals surface area contributed by atoms with Crippen LogP contribution in [0, 0.1) is 0 Å². The highest BCUT2D eigenvalue weighted by molar-refractivity contribution is 7.88. The molecule has 1 amide bonds. The molecule has 360 valence electrons. The SMILES string of the molecule is C.COc1ccc(-c2cnc(Nc3ccc(C(=O)N4CCN(S(C)(=O)=O)CC4)nc3)nc2)cc1.COc1ccc(-c2cnc(Nc3ccc(C(=O)O)nc3)nc2)cc1.CS(=O)(=O)N1CCNCC1. The Morgan fingerprint density at radius 1 is 0.544 bits per heavy atom. The molecule has 2 saturated heterocycles. The van der Waals surface area contributed by atoms with Crippen LogP contribution in [0.4, 0.5) is 23.3 Å². The summed E-state index contributed by atoms with van der Waals surface area (Å²) in [6, 6.07) is 21.6. The summed E-state index contributed by atoms with van der Waals surface area (Å²) in [6.07, 6.45) is 12.2. The number of aromatic nitrogens is 6. The highest BCUT2D eigenvalue weighted by Gasteiger charge is 2.27. The lowest BCUT2D eigenvalue weighted by atomic mass is 10.1. The van der Waals surface area contributed by atoms with E-state index in [1.54, 1.807) is 68.3 Å². The average molecular weight is 971 g/mol. The zero-order valence-electron chi connectivity index (χ0n) is 37.1. The van der Waals surface area contributed by atoms with Gasteiger partial charge in [0.15, 0.2) is 0 Å². The van der Waals surface area contributed by atoms with Crippen LogP contribution in [0.15, 0.2) is 110 Å². The standard InChI is InChI=1S/C22H24N6O4S.C17H14N4O3.C5H12N2O2S.CH4/c1-32-19-6-3-16(4-7-19)17-13-24-22(25-14-17)26-18-5-8-20(23-15-18)21(29)27-9-11-28(12-10-27)33(2,30)31;1-24-14-5-2-11(3-6-14)12-8-19-17(20-9-12)21-13-4-7-15(16(22)23)18-10-13;1-10(8,9)7-4-2-6-3-5-7;/h3-8,13-15H,9-12H2,1-2H3,(H,24,25,26);2-10H,1H3,(H,22,23)(H,19,20,21);6H,2-5H2,1H3;1H4. The molecule has 0 bridgehead atoms. The van der Waals surface area contributed by atoms with Gasteiger partial charge < -0.3 is 35.4 Å². The number of ether oxygens (including phenoxy) is 2. The molecule has 0 unspecified atom stereocenters. The lowest BCUT2D eigenvalue weighted by molar-refractivity contribution is 0.0683. The molecular formula is C45H54N12O9S2. The number of carboxylic acids is 1. The van der Waals surface area contributed by atoms with E-state index >= 15 is 0 Å². The van der Waals surface area contributed by atoms with Crippen molar-refractivity contribution in [2.75, 3.05) is 89.7 Å². The van der Waals surface area contributed by atoms with Crippen molar-refractivity contribution in [2.45, 2.75) is 7.43 Å². The number of nitrogens with zero attached hydrogens (tertiary/aromatic N) is 9. The second kappa shape index (κ2) is 24.0. The Morgan fingerprint density at radius 2 is 0.941 bits per heavy atom. The Bertz CT molecular complexity index is 2780. The van der Waals surface area contributed by atoms with Crippen LogP contribution >= 0.6 is 0 Å². The van der Waals surface area contributed by atoms with Crippen LogP contribution in [0.2, 0.25) is 0 Å². The maximum Gasteiger partial charge on any atom is 0.354 e. The Balaban J connectivity index is 0.000000215. The minimum Gasteiger partial charge on any atom is -0.497 e. The Labute approximate surface area is 395 Å². The number of carbonyl (C=O) groups excluding carboxylic acids is 1. The van der Waals surface area contributed by atoms with E-state index in [2.05, 4.69) is 45.9 Å². The molecule has 21 nitrogen and oxygen atoms in total. The number of carboxylic acid groups (broad SMARTS) is 1. The van der Waals surface area contributed by atoms with Crippen molar-refractivity contribution < 1.29 is 41.0 Å². The van der Waals surface area contributed by atoms with Gasteiger partial charge in [-0.05, 0) is 59.7 Å². The molecule has 4 N–H and O–H groups in total. The molecule has 2 aliphatic rings. The van der Waals surface area contributed by atoms with Gasteiger partial charge >= 0.3 is 5.97 Å². The second-order valence-corrected chi connectivity index (χ2v) is 18.8. The first kappa shape index (κ1) is 51.8. The maximum absolute atomic E-state index is 12.7. The molecule has 68 heavy (non-hydrogen) atoms. The first-order chi connectivity index (χ1) is 32.1. The molecule has 0 saturated carbocycles. The quantitative estimate of drug-likeness (QED) is 0.132. The van der Waals surface area contributed by atoms with Crippen molar-refractivity contribution in [3.8, 4) is 33.8 Å². The Kier molecular flexibility index (Phi) is 18.3. The van der Waals surface area contributed by atoms with E-state index in [4.69, 9.17) is 14.6 Å². The van der Waals surface area contributed by atoms with Gasteiger partial charge in [0.05, 0.1) is 50.5 Å². The molecule has 2 aliphatic heterocycles. The molecule has 2 fully saturated rings. The predicted octanol–water partition coefficient (Wildman–Crippen LogP) is 4.48. The van der Waals surface area contributed by atoms with E-state index in [9.17, 15) is 26.4 Å². The van der Waals surface area contributed by atoms with Crippen molar-refractivity contribution in [2.24, 2.45) is 0 Å². The second-order valence-electron chi connectivity index (χ2n) is 14.8. The number of hydrogen-bond donors (Lipinski definition) is 4. The van der Waals surface area contributed by atoms with Gasteiger partial charge in [-0.1, -0.05) is 31.7 Å². The third-order valence-electron chi connectivity index (χ3n) is 10.2. The van der Waals surface area contributed by atoms with Crippen LogP contribution in [0.25, 0.3) is 22.3 Å². The number of benzene rings is 2. The number of pyridine rings is 2. The number of carbonyl (C=O) groups is 2. The zero-order chi connectivity index (χ0) is 48.0. The topological polar surface area (TPSA) is 264 Å². The molecule has 6 aromatic rings. The number of rotatable bonds is 12. The van der Waals surface area contributed by atoms with E-state index in [-0.39, 0.29) is 32.1 Å². The minimum atomic E-state index is -3.24. The molecule has 8 rings (SSSR count). The van der Waals surface area contributed by atoms with E-state index in [0.717, 1.165) is 46.8 Å². The van der Waals surface area contributed by atoms with Crippen LogP contribution < -0.4 is 25.4 Å². The van der Waals surface area contributed by atoms with Crippen molar-refractivity contribution in [1.82, 2.24) is 48.7 Å². The van der Waals surface area contributed by atoms with E-state index in [1.807, 2.05) is 48.5 Å². The lowest BCUT2D eigenvalue weighted by Gasteiger charge is -2.33. The summed E-state index contributed by atoms with van der Waals surface area (Å²) in [5.41, 5.74) is 5.24. The zero-order valence-corrected chi connectivity index (χ0v) is 38.7. The molecular weight excluding hydrogens is 917 g/mol. The van der Waals surface area contributed by atoms with Crippen LogP contribution in [-0.2, 0) is 20.0 Å². The summed E-state index contributed by atoms with van der Waals surface area (Å²) in [6.45, 7) is 4.00. The molecule has 0 atom stereocenters. The fourth-order valence-electron chi connectivity index (χ4n) is 6.46. The number of hydrogen-bond acceptors (Lipinski definition) is 17. The first-order valence-electron chi connectivity index (χ1n) is 20.6. The summed E-state index contributed by atoms with van der Waals surface area (Å²) < 4.78 is 58.2. The van der Waals surface area contributed by atoms with Crippen molar-refractivity contribution >= 4 is 55.2 Å². The number of aromatic carboxylic acids is 1. The minimum absolute atomic E-state index is 0. The van der Waals surface area contributed by atoms with E-state index in [0.29, 0.717) is 55.1 Å².